The molecular formula is C14H14N6O3. The van der Waals surface area contributed by atoms with Gasteiger partial charge in [-0.05, 0) is 18.6 Å². The molecule has 23 heavy (non-hydrogen) atoms. The Hall–Kier alpha value is -3.23. The van der Waals surface area contributed by atoms with Crippen molar-refractivity contribution >= 4 is 29.4 Å². The van der Waals surface area contributed by atoms with E-state index in [4.69, 9.17) is 0 Å². The Kier molecular flexibility index (Phi) is 4.00. The van der Waals surface area contributed by atoms with Gasteiger partial charge in [0.15, 0.2) is 0 Å². The number of anilines is 2. The summed E-state index contributed by atoms with van der Waals surface area (Å²) in [5.41, 5.74) is 0.859. The summed E-state index contributed by atoms with van der Waals surface area (Å²) in [6.07, 6.45) is 1.49. The van der Waals surface area contributed by atoms with E-state index in [1.807, 2.05) is 0 Å². The second kappa shape index (κ2) is 6.26. The molecule has 2 aromatic rings. The molecule has 1 aromatic heterocycles. The molecule has 0 radical (unpaired) electrons. The fourth-order valence-corrected chi connectivity index (χ4v) is 2.25. The molecule has 0 fully saturated rings. The lowest BCUT2D eigenvalue weighted by Crippen LogP contribution is -2.41. The summed E-state index contributed by atoms with van der Waals surface area (Å²) >= 11 is 0. The molecule has 0 bridgehead atoms. The highest BCUT2D eigenvalue weighted by Gasteiger charge is 2.27. The molecule has 3 amide bonds. The van der Waals surface area contributed by atoms with E-state index in [1.165, 1.54) is 6.33 Å². The molecule has 0 saturated heterocycles. The zero-order valence-electron chi connectivity index (χ0n) is 12.0. The topological polar surface area (TPSA) is 129 Å². The maximum absolute atomic E-state index is 12.2. The van der Waals surface area contributed by atoms with Crippen LogP contribution in [0.4, 0.5) is 11.6 Å². The molecule has 9 nitrogen and oxygen atoms in total. The number of carbonyl (C=O) groups excluding carboxylic acids is 3. The summed E-state index contributed by atoms with van der Waals surface area (Å²) in [6.45, 7) is 0. The second-order valence-electron chi connectivity index (χ2n) is 4.98. The van der Waals surface area contributed by atoms with E-state index in [0.717, 1.165) is 0 Å². The first-order valence-corrected chi connectivity index (χ1v) is 6.99. The lowest BCUT2D eigenvalue weighted by atomic mass is 10.1. The third-order valence-electron chi connectivity index (χ3n) is 3.38. The van der Waals surface area contributed by atoms with E-state index >= 15 is 0 Å². The normalized spacial score (nSPS) is 16.8. The van der Waals surface area contributed by atoms with Crippen LogP contribution in [0.25, 0.3) is 0 Å². The van der Waals surface area contributed by atoms with Crippen LogP contribution in [0.2, 0.25) is 0 Å². The van der Waals surface area contributed by atoms with Crippen LogP contribution in [0.5, 0.6) is 0 Å². The number of aromatic amines is 1. The number of nitrogens with zero attached hydrogens (tertiary/aromatic N) is 2. The van der Waals surface area contributed by atoms with Gasteiger partial charge in [0, 0.05) is 6.42 Å². The number of amides is 3. The molecule has 1 aliphatic heterocycles. The highest BCUT2D eigenvalue weighted by molar-refractivity contribution is 6.09. The van der Waals surface area contributed by atoms with Gasteiger partial charge >= 0.3 is 0 Å². The van der Waals surface area contributed by atoms with Crippen LogP contribution < -0.4 is 16.0 Å². The number of aromatic nitrogens is 3. The second-order valence-corrected chi connectivity index (χ2v) is 4.98. The van der Waals surface area contributed by atoms with Gasteiger partial charge < -0.3 is 10.6 Å². The number of benzene rings is 1. The zero-order chi connectivity index (χ0) is 16.2. The number of hydrogen-bond donors (Lipinski definition) is 4. The minimum Gasteiger partial charge on any atom is -0.340 e. The van der Waals surface area contributed by atoms with Crippen LogP contribution >= 0.6 is 0 Å². The summed E-state index contributed by atoms with van der Waals surface area (Å²) in [7, 11) is 0. The summed E-state index contributed by atoms with van der Waals surface area (Å²) in [5, 5.41) is 13.9. The van der Waals surface area contributed by atoms with E-state index in [1.54, 1.807) is 24.3 Å². The molecule has 2 heterocycles. The van der Waals surface area contributed by atoms with E-state index in [2.05, 4.69) is 31.1 Å². The average molecular weight is 314 g/mol. The summed E-state index contributed by atoms with van der Waals surface area (Å²) in [4.78, 5) is 39.9. The Morgan fingerprint density at radius 1 is 1.26 bits per heavy atom. The Labute approximate surface area is 130 Å². The molecule has 0 aliphatic carbocycles. The van der Waals surface area contributed by atoms with Crippen molar-refractivity contribution in [3.05, 3.63) is 36.2 Å². The lowest BCUT2D eigenvalue weighted by Gasteiger charge is -2.13. The first-order chi connectivity index (χ1) is 11.1. The molecule has 1 aliphatic rings. The van der Waals surface area contributed by atoms with E-state index in [0.29, 0.717) is 11.3 Å². The molecule has 9 heteroatoms. The van der Waals surface area contributed by atoms with E-state index in [-0.39, 0.29) is 36.5 Å². The van der Waals surface area contributed by atoms with Gasteiger partial charge in [-0.25, -0.2) is 5.10 Å². The van der Waals surface area contributed by atoms with Crippen LogP contribution in [0.1, 0.15) is 23.2 Å². The Balaban J connectivity index is 1.62. The molecule has 1 aromatic carbocycles. The fraction of sp³-hybridized carbons (Fsp3) is 0.214. The van der Waals surface area contributed by atoms with Crippen molar-refractivity contribution in [2.45, 2.75) is 18.9 Å². The smallest absolute Gasteiger partial charge is 0.254 e. The van der Waals surface area contributed by atoms with E-state index < -0.39 is 6.04 Å². The highest BCUT2D eigenvalue weighted by Crippen LogP contribution is 2.19. The van der Waals surface area contributed by atoms with Crippen LogP contribution in [-0.4, -0.2) is 38.9 Å². The molecule has 0 saturated carbocycles. The number of para-hydroxylation sites is 1. The number of hydrogen-bond acceptors (Lipinski definition) is 5. The number of rotatable bonds is 4. The molecule has 0 spiro atoms. The molecule has 1 atom stereocenters. The van der Waals surface area contributed by atoms with Gasteiger partial charge in [-0.15, -0.1) is 0 Å². The first kappa shape index (κ1) is 14.7. The third kappa shape index (κ3) is 3.34. The number of nitrogens with one attached hydrogen (secondary N) is 4. The van der Waals surface area contributed by atoms with Gasteiger partial charge in [0.1, 0.15) is 12.4 Å². The monoisotopic (exact) mass is 314 g/mol. The van der Waals surface area contributed by atoms with Crippen LogP contribution in [-0.2, 0) is 9.59 Å². The lowest BCUT2D eigenvalue weighted by molar-refractivity contribution is -0.118. The van der Waals surface area contributed by atoms with Crippen LogP contribution in [0.3, 0.4) is 0 Å². The minimum absolute atomic E-state index is 0.0510. The SMILES string of the molecule is O=C(CCC1NC(=O)c2ccccc2NC1=O)Nc1ncn[nH]1. The number of fused-ring (bicyclic) bond motifs is 1. The Bertz CT molecular complexity index is 743. The number of H-pyrrole nitrogens is 1. The van der Waals surface area contributed by atoms with Gasteiger partial charge in [-0.1, -0.05) is 12.1 Å². The zero-order valence-corrected chi connectivity index (χ0v) is 12.0. The standard InChI is InChI=1S/C14H14N6O3/c21-11(19-14-15-7-16-20-14)6-5-10-13(23)17-9-4-2-1-3-8(9)12(22)18-10/h1-4,7,10H,5-6H2,(H,17,23)(H,18,22)(H2,15,16,19,20,21). The molecule has 118 valence electrons. The van der Waals surface area contributed by atoms with Crippen LogP contribution in [0, 0.1) is 0 Å². The van der Waals surface area contributed by atoms with E-state index in [9.17, 15) is 14.4 Å². The van der Waals surface area contributed by atoms with Gasteiger partial charge in [-0.2, -0.15) is 10.1 Å². The summed E-state index contributed by atoms with van der Waals surface area (Å²) < 4.78 is 0. The van der Waals surface area contributed by atoms with Crippen molar-refractivity contribution in [3.63, 3.8) is 0 Å². The summed E-state index contributed by atoms with van der Waals surface area (Å²) in [5.74, 6) is -0.794. The average Bonchev–Trinajstić information content (AvgIpc) is 3.00. The molecule has 4 N–H and O–H groups in total. The van der Waals surface area contributed by atoms with Gasteiger partial charge in [0.25, 0.3) is 5.91 Å². The molecule has 1 unspecified atom stereocenters. The highest BCUT2D eigenvalue weighted by atomic mass is 16.2. The van der Waals surface area contributed by atoms with Gasteiger partial charge in [-0.3, -0.25) is 19.7 Å². The predicted octanol–water partition coefficient (Wildman–Crippen LogP) is 0.274. The summed E-state index contributed by atoms with van der Waals surface area (Å²) in [6, 6.07) is 5.96. The predicted molar refractivity (Wildman–Crippen MR) is 80.6 cm³/mol. The quantitative estimate of drug-likeness (QED) is 0.644. The first-order valence-electron chi connectivity index (χ1n) is 6.99. The van der Waals surface area contributed by atoms with Crippen molar-refractivity contribution in [3.8, 4) is 0 Å². The van der Waals surface area contributed by atoms with Crippen LogP contribution in [0.15, 0.2) is 30.6 Å². The van der Waals surface area contributed by atoms with Crippen molar-refractivity contribution in [2.75, 3.05) is 10.6 Å². The minimum atomic E-state index is -0.782. The van der Waals surface area contributed by atoms with Gasteiger partial charge in [0.2, 0.25) is 17.8 Å². The fourth-order valence-electron chi connectivity index (χ4n) is 2.25. The van der Waals surface area contributed by atoms with Crippen molar-refractivity contribution < 1.29 is 14.4 Å². The number of carbonyl (C=O) groups is 3. The largest absolute Gasteiger partial charge is 0.340 e. The maximum atomic E-state index is 12.2. The maximum Gasteiger partial charge on any atom is 0.254 e. The van der Waals surface area contributed by atoms with Crippen molar-refractivity contribution in [1.82, 2.24) is 20.5 Å². The van der Waals surface area contributed by atoms with Crippen molar-refractivity contribution in [2.24, 2.45) is 0 Å². The van der Waals surface area contributed by atoms with Crippen molar-refractivity contribution in [1.29, 1.82) is 0 Å². The molecule has 3 rings (SSSR count). The Morgan fingerprint density at radius 2 is 2.09 bits per heavy atom. The van der Waals surface area contributed by atoms with Gasteiger partial charge in [0.05, 0.1) is 11.3 Å². The third-order valence-corrected chi connectivity index (χ3v) is 3.38. The molecular weight excluding hydrogens is 300 g/mol. The Morgan fingerprint density at radius 3 is 2.87 bits per heavy atom.